The van der Waals surface area contributed by atoms with Gasteiger partial charge in [0.25, 0.3) is 5.91 Å². The maximum absolute atomic E-state index is 12.9. The molecular formula is C22H21N3O6S2. The van der Waals surface area contributed by atoms with E-state index in [9.17, 15) is 22.8 Å². The van der Waals surface area contributed by atoms with Gasteiger partial charge in [-0.2, -0.15) is 4.31 Å². The number of ether oxygens (including phenoxy) is 1. The van der Waals surface area contributed by atoms with Crippen molar-refractivity contribution in [3.05, 3.63) is 59.0 Å². The van der Waals surface area contributed by atoms with E-state index in [1.165, 1.54) is 35.6 Å². The van der Waals surface area contributed by atoms with E-state index >= 15 is 0 Å². The van der Waals surface area contributed by atoms with Gasteiger partial charge in [0.1, 0.15) is 4.88 Å². The zero-order valence-electron chi connectivity index (χ0n) is 17.7. The molecule has 0 radical (unpaired) electrons. The van der Waals surface area contributed by atoms with E-state index in [2.05, 4.69) is 10.6 Å². The number of thiophene rings is 1. The number of anilines is 1. The third-order valence-electron chi connectivity index (χ3n) is 4.99. The van der Waals surface area contributed by atoms with E-state index in [0.717, 1.165) is 14.4 Å². The maximum atomic E-state index is 12.9. The second-order valence-electron chi connectivity index (χ2n) is 7.25. The number of benzene rings is 2. The first-order valence-electron chi connectivity index (χ1n) is 10.2. The number of rotatable bonds is 6. The summed E-state index contributed by atoms with van der Waals surface area (Å²) in [7, 11) is -3.91. The molecule has 0 atom stereocenters. The molecule has 2 amide bonds. The second-order valence-corrected chi connectivity index (χ2v) is 10.3. The Morgan fingerprint density at radius 2 is 2.00 bits per heavy atom. The first-order chi connectivity index (χ1) is 15.8. The number of esters is 1. The smallest absolute Gasteiger partial charge is 0.348 e. The van der Waals surface area contributed by atoms with Gasteiger partial charge in [0.2, 0.25) is 15.9 Å². The van der Waals surface area contributed by atoms with Crippen LogP contribution in [0.1, 0.15) is 27.0 Å². The van der Waals surface area contributed by atoms with Crippen molar-refractivity contribution in [2.45, 2.75) is 11.8 Å². The van der Waals surface area contributed by atoms with Crippen LogP contribution in [0.25, 0.3) is 10.1 Å². The minimum Gasteiger partial charge on any atom is -0.462 e. The Labute approximate surface area is 194 Å². The van der Waals surface area contributed by atoms with Crippen LogP contribution in [0, 0.1) is 0 Å². The zero-order valence-corrected chi connectivity index (χ0v) is 19.3. The van der Waals surface area contributed by atoms with E-state index in [1.54, 1.807) is 31.2 Å². The van der Waals surface area contributed by atoms with Crippen molar-refractivity contribution in [3.63, 3.8) is 0 Å². The molecule has 0 bridgehead atoms. The molecule has 1 aliphatic heterocycles. The highest BCUT2D eigenvalue weighted by Crippen LogP contribution is 2.29. The molecule has 2 aromatic carbocycles. The fourth-order valence-corrected chi connectivity index (χ4v) is 5.77. The summed E-state index contributed by atoms with van der Waals surface area (Å²) < 4.78 is 32.8. The van der Waals surface area contributed by atoms with Crippen molar-refractivity contribution in [1.82, 2.24) is 9.62 Å². The van der Waals surface area contributed by atoms with Crippen molar-refractivity contribution in [3.8, 4) is 0 Å². The number of hydrogen-bond acceptors (Lipinski definition) is 7. The molecule has 1 saturated heterocycles. The van der Waals surface area contributed by atoms with Crippen LogP contribution in [0.4, 0.5) is 5.69 Å². The Kier molecular flexibility index (Phi) is 6.45. The fourth-order valence-electron chi connectivity index (χ4n) is 3.39. The average Bonchev–Trinajstić information content (AvgIpc) is 3.23. The van der Waals surface area contributed by atoms with Crippen LogP contribution in [0.15, 0.2) is 53.4 Å². The van der Waals surface area contributed by atoms with Crippen LogP contribution < -0.4 is 10.6 Å². The van der Waals surface area contributed by atoms with Crippen molar-refractivity contribution >= 4 is 54.9 Å². The number of carbonyl (C=O) groups excluding carboxylic acids is 3. The number of carbonyl (C=O) groups is 3. The first-order valence-corrected chi connectivity index (χ1v) is 12.4. The zero-order chi connectivity index (χ0) is 23.6. The minimum atomic E-state index is -3.91. The van der Waals surface area contributed by atoms with E-state index < -0.39 is 21.9 Å². The van der Waals surface area contributed by atoms with Crippen molar-refractivity contribution in [1.29, 1.82) is 0 Å². The molecule has 0 spiro atoms. The number of piperazine rings is 1. The summed E-state index contributed by atoms with van der Waals surface area (Å²) in [5.74, 6) is -1.24. The Morgan fingerprint density at radius 1 is 1.18 bits per heavy atom. The van der Waals surface area contributed by atoms with Gasteiger partial charge in [-0.05, 0) is 54.8 Å². The lowest BCUT2D eigenvalue weighted by Gasteiger charge is -2.26. The lowest BCUT2D eigenvalue weighted by molar-refractivity contribution is -0.122. The van der Waals surface area contributed by atoms with Gasteiger partial charge in [0.15, 0.2) is 0 Å². The van der Waals surface area contributed by atoms with Crippen molar-refractivity contribution < 1.29 is 27.5 Å². The summed E-state index contributed by atoms with van der Waals surface area (Å²) in [6.45, 7) is 2.17. The van der Waals surface area contributed by atoms with Gasteiger partial charge in [0.05, 0.1) is 18.0 Å². The summed E-state index contributed by atoms with van der Waals surface area (Å²) >= 11 is 1.30. The highest BCUT2D eigenvalue weighted by atomic mass is 32.2. The molecule has 1 aromatic heterocycles. The molecule has 0 aliphatic carbocycles. The van der Waals surface area contributed by atoms with Gasteiger partial charge in [0, 0.05) is 29.0 Å². The summed E-state index contributed by atoms with van der Waals surface area (Å²) in [6.07, 6.45) is 0. The molecule has 11 heteroatoms. The van der Waals surface area contributed by atoms with E-state index in [1.807, 2.05) is 0 Å². The normalized spacial score (nSPS) is 14.6. The molecule has 2 N–H and O–H groups in total. The standard InChI is InChI=1S/C22H21N3O6S2/c1-2-31-22(28)19-12-15-10-16(6-7-18(15)32-19)24-21(27)14-4-3-5-17(11-14)33(29,30)25-9-8-23-20(26)13-25/h3-7,10-12H,2,8-9,13H2,1H3,(H,23,26)(H,24,27). The third-order valence-corrected chi connectivity index (χ3v) is 7.93. The summed E-state index contributed by atoms with van der Waals surface area (Å²) in [5, 5.41) is 6.12. The lowest BCUT2D eigenvalue weighted by atomic mass is 10.2. The summed E-state index contributed by atoms with van der Waals surface area (Å²) in [4.78, 5) is 36.8. The van der Waals surface area contributed by atoms with E-state index in [-0.39, 0.29) is 42.6 Å². The van der Waals surface area contributed by atoms with Gasteiger partial charge in [-0.3, -0.25) is 9.59 Å². The molecule has 3 aromatic rings. The van der Waals surface area contributed by atoms with Crippen LogP contribution in [0.5, 0.6) is 0 Å². The molecule has 2 heterocycles. The molecule has 9 nitrogen and oxygen atoms in total. The van der Waals surface area contributed by atoms with E-state index in [0.29, 0.717) is 10.6 Å². The number of hydrogen-bond donors (Lipinski definition) is 2. The van der Waals surface area contributed by atoms with Crippen LogP contribution in [-0.4, -0.2) is 56.7 Å². The highest BCUT2D eigenvalue weighted by Gasteiger charge is 2.29. The number of fused-ring (bicyclic) bond motifs is 1. The predicted molar refractivity (Wildman–Crippen MR) is 124 cm³/mol. The molecule has 33 heavy (non-hydrogen) atoms. The van der Waals surface area contributed by atoms with Gasteiger partial charge in [-0.15, -0.1) is 11.3 Å². The van der Waals surface area contributed by atoms with Crippen LogP contribution in [-0.2, 0) is 19.6 Å². The van der Waals surface area contributed by atoms with Crippen LogP contribution >= 0.6 is 11.3 Å². The van der Waals surface area contributed by atoms with Gasteiger partial charge in [-0.1, -0.05) is 6.07 Å². The van der Waals surface area contributed by atoms with E-state index in [4.69, 9.17) is 4.74 Å². The van der Waals surface area contributed by atoms with Gasteiger partial charge in [-0.25, -0.2) is 13.2 Å². The minimum absolute atomic E-state index is 0.0581. The summed E-state index contributed by atoms with van der Waals surface area (Å²) in [5.41, 5.74) is 0.664. The first kappa shape index (κ1) is 22.9. The van der Waals surface area contributed by atoms with Crippen LogP contribution in [0.3, 0.4) is 0 Å². The highest BCUT2D eigenvalue weighted by molar-refractivity contribution is 7.89. The van der Waals surface area contributed by atoms with Gasteiger partial charge < -0.3 is 15.4 Å². The summed E-state index contributed by atoms with van der Waals surface area (Å²) in [6, 6.07) is 12.6. The quantitative estimate of drug-likeness (QED) is 0.515. The Bertz CT molecular complexity index is 1350. The SMILES string of the molecule is CCOC(=O)c1cc2cc(NC(=O)c3cccc(S(=O)(=O)N4CCNC(=O)C4)c3)ccc2s1. The van der Waals surface area contributed by atoms with Gasteiger partial charge >= 0.3 is 5.97 Å². The molecular weight excluding hydrogens is 466 g/mol. The molecule has 172 valence electrons. The topological polar surface area (TPSA) is 122 Å². The van der Waals surface area contributed by atoms with Crippen LogP contribution in [0.2, 0.25) is 0 Å². The lowest BCUT2D eigenvalue weighted by Crippen LogP contribution is -2.49. The largest absolute Gasteiger partial charge is 0.462 e. The molecule has 1 fully saturated rings. The second kappa shape index (κ2) is 9.30. The molecule has 0 saturated carbocycles. The predicted octanol–water partition coefficient (Wildman–Crippen LogP) is 2.45. The third kappa shape index (κ3) is 4.90. The monoisotopic (exact) mass is 487 g/mol. The average molecular weight is 488 g/mol. The Hall–Kier alpha value is -3.28. The Balaban J connectivity index is 1.53. The molecule has 0 unspecified atom stereocenters. The maximum Gasteiger partial charge on any atom is 0.348 e. The van der Waals surface area contributed by atoms with Crippen molar-refractivity contribution in [2.75, 3.05) is 31.6 Å². The fraction of sp³-hybridized carbons (Fsp3) is 0.227. The number of nitrogens with zero attached hydrogens (tertiary/aromatic N) is 1. The number of amides is 2. The van der Waals surface area contributed by atoms with Crippen molar-refractivity contribution in [2.24, 2.45) is 0 Å². The molecule has 4 rings (SSSR count). The number of sulfonamides is 1. The molecule has 1 aliphatic rings. The number of nitrogens with one attached hydrogen (secondary N) is 2. The Morgan fingerprint density at radius 3 is 2.76 bits per heavy atom.